The number of halogens is 1. The predicted octanol–water partition coefficient (Wildman–Crippen LogP) is 2.48. The van der Waals surface area contributed by atoms with Crippen molar-refractivity contribution in [2.45, 2.75) is 45.1 Å². The van der Waals surface area contributed by atoms with Crippen molar-refractivity contribution in [3.05, 3.63) is 23.8 Å². The first-order valence-corrected chi connectivity index (χ1v) is 9.68. The van der Waals surface area contributed by atoms with Crippen molar-refractivity contribution in [3.8, 4) is 11.5 Å². The number of benzene rings is 1. The van der Waals surface area contributed by atoms with Crippen LogP contribution in [0.2, 0.25) is 0 Å². The summed E-state index contributed by atoms with van der Waals surface area (Å²) >= 11 is 0. The molecule has 0 spiro atoms. The number of ether oxygens (including phenoxy) is 2. The third kappa shape index (κ3) is 8.99. The van der Waals surface area contributed by atoms with Gasteiger partial charge in [0, 0.05) is 32.1 Å². The van der Waals surface area contributed by atoms with E-state index in [-0.39, 0.29) is 29.9 Å². The molecule has 8 heteroatoms. The van der Waals surface area contributed by atoms with Crippen molar-refractivity contribution in [2.75, 3.05) is 33.9 Å². The molecule has 1 amide bonds. The molecule has 3 N–H and O–H groups in total. The third-order valence-corrected chi connectivity index (χ3v) is 4.27. The molecule has 2 rings (SSSR count). The molecule has 0 bridgehead atoms. The molecule has 0 aromatic heterocycles. The van der Waals surface area contributed by atoms with Crippen LogP contribution >= 0.6 is 24.0 Å². The number of amides is 1. The van der Waals surface area contributed by atoms with Crippen molar-refractivity contribution in [1.29, 1.82) is 0 Å². The van der Waals surface area contributed by atoms with Gasteiger partial charge in [-0.2, -0.15) is 0 Å². The van der Waals surface area contributed by atoms with Crippen LogP contribution in [0.4, 0.5) is 0 Å². The summed E-state index contributed by atoms with van der Waals surface area (Å²) in [5, 5.41) is 9.56. The van der Waals surface area contributed by atoms with E-state index in [1.54, 1.807) is 14.2 Å². The summed E-state index contributed by atoms with van der Waals surface area (Å²) in [6, 6.07) is 6.37. The fraction of sp³-hybridized carbons (Fsp3) is 0.600. The molecule has 1 aromatic carbocycles. The average molecular weight is 504 g/mol. The second kappa shape index (κ2) is 13.5. The van der Waals surface area contributed by atoms with Crippen molar-refractivity contribution in [3.63, 3.8) is 0 Å². The minimum Gasteiger partial charge on any atom is -0.493 e. The predicted molar refractivity (Wildman–Crippen MR) is 123 cm³/mol. The lowest BCUT2D eigenvalue weighted by atomic mass is 10.1. The Morgan fingerprint density at radius 1 is 1.18 bits per heavy atom. The number of carbonyl (C=O) groups is 1. The highest BCUT2D eigenvalue weighted by molar-refractivity contribution is 14.0. The Hall–Kier alpha value is -1.71. The Morgan fingerprint density at radius 3 is 2.57 bits per heavy atom. The van der Waals surface area contributed by atoms with Gasteiger partial charge in [0.25, 0.3) is 0 Å². The number of methoxy groups -OCH3 is 2. The van der Waals surface area contributed by atoms with Crippen LogP contribution in [0.3, 0.4) is 0 Å². The van der Waals surface area contributed by atoms with E-state index in [0.29, 0.717) is 19.0 Å². The van der Waals surface area contributed by atoms with Gasteiger partial charge in [0.1, 0.15) is 0 Å². The maximum atomic E-state index is 11.7. The van der Waals surface area contributed by atoms with Crippen molar-refractivity contribution in [1.82, 2.24) is 16.0 Å². The molecular formula is C20H33IN4O3. The van der Waals surface area contributed by atoms with Crippen LogP contribution in [-0.2, 0) is 11.2 Å². The number of guanidine groups is 1. The van der Waals surface area contributed by atoms with Gasteiger partial charge in [0.05, 0.1) is 14.2 Å². The summed E-state index contributed by atoms with van der Waals surface area (Å²) in [4.78, 5) is 16.2. The zero-order chi connectivity index (χ0) is 19.5. The molecule has 0 radical (unpaired) electrons. The number of carbonyl (C=O) groups excluding carboxylic acids is 1. The van der Waals surface area contributed by atoms with Crippen molar-refractivity contribution >= 4 is 35.8 Å². The average Bonchev–Trinajstić information content (AvgIpc) is 3.48. The minimum absolute atomic E-state index is 0. The zero-order valence-electron chi connectivity index (χ0n) is 17.0. The fourth-order valence-corrected chi connectivity index (χ4v) is 2.66. The van der Waals surface area contributed by atoms with Crippen molar-refractivity contribution in [2.24, 2.45) is 4.99 Å². The maximum absolute atomic E-state index is 11.7. The Bertz CT molecular complexity index is 636. The van der Waals surface area contributed by atoms with E-state index in [1.165, 1.54) is 0 Å². The van der Waals surface area contributed by atoms with E-state index in [2.05, 4.69) is 20.9 Å². The summed E-state index contributed by atoms with van der Waals surface area (Å²) in [6.45, 7) is 4.21. The highest BCUT2D eigenvalue weighted by Crippen LogP contribution is 2.27. The molecule has 1 fully saturated rings. The lowest BCUT2D eigenvalue weighted by molar-refractivity contribution is -0.121. The fourth-order valence-electron chi connectivity index (χ4n) is 2.66. The topological polar surface area (TPSA) is 84.0 Å². The number of nitrogens with one attached hydrogen (secondary N) is 3. The van der Waals surface area contributed by atoms with Crippen LogP contribution in [-0.4, -0.2) is 51.8 Å². The van der Waals surface area contributed by atoms with Crippen LogP contribution < -0.4 is 25.4 Å². The molecule has 0 aliphatic heterocycles. The quantitative estimate of drug-likeness (QED) is 0.187. The van der Waals surface area contributed by atoms with E-state index in [9.17, 15) is 4.79 Å². The lowest BCUT2D eigenvalue weighted by Crippen LogP contribution is -2.38. The van der Waals surface area contributed by atoms with Crippen LogP contribution in [0.1, 0.15) is 38.2 Å². The molecule has 158 valence electrons. The first kappa shape index (κ1) is 24.3. The number of hydrogen-bond donors (Lipinski definition) is 3. The molecule has 1 saturated carbocycles. The SMILES string of the molecule is CCNC(=NCCCC(=O)NC1CC1)NCCc1ccc(OC)c(OC)c1.I. The zero-order valence-corrected chi connectivity index (χ0v) is 19.4. The first-order chi connectivity index (χ1) is 13.2. The van der Waals surface area contributed by atoms with Gasteiger partial charge in [-0.25, -0.2) is 0 Å². The second-order valence-corrected chi connectivity index (χ2v) is 6.57. The lowest BCUT2D eigenvalue weighted by Gasteiger charge is -2.12. The van der Waals surface area contributed by atoms with Crippen LogP contribution in [0.25, 0.3) is 0 Å². The van der Waals surface area contributed by atoms with E-state index in [0.717, 1.165) is 61.8 Å². The van der Waals surface area contributed by atoms with Gasteiger partial charge in [-0.15, -0.1) is 24.0 Å². The van der Waals surface area contributed by atoms with Crippen LogP contribution in [0.15, 0.2) is 23.2 Å². The van der Waals surface area contributed by atoms with Gasteiger partial charge in [-0.05, 0) is 50.3 Å². The van der Waals surface area contributed by atoms with Crippen LogP contribution in [0, 0.1) is 0 Å². The first-order valence-electron chi connectivity index (χ1n) is 9.68. The van der Waals surface area contributed by atoms with E-state index in [4.69, 9.17) is 9.47 Å². The molecule has 1 aliphatic rings. The molecule has 1 aliphatic carbocycles. The minimum atomic E-state index is 0. The molecule has 7 nitrogen and oxygen atoms in total. The Morgan fingerprint density at radius 2 is 1.93 bits per heavy atom. The van der Waals surface area contributed by atoms with Gasteiger partial charge in [-0.3, -0.25) is 9.79 Å². The molecule has 1 aromatic rings. The number of rotatable bonds is 11. The second-order valence-electron chi connectivity index (χ2n) is 6.57. The molecule has 0 atom stereocenters. The molecule has 0 saturated heterocycles. The van der Waals surface area contributed by atoms with Gasteiger partial charge >= 0.3 is 0 Å². The molecule has 0 unspecified atom stereocenters. The standard InChI is InChI=1S/C20H32N4O3.HI/c1-4-21-20(22-12-5-6-19(25)24-16-8-9-16)23-13-11-15-7-10-17(26-2)18(14-15)27-3;/h7,10,14,16H,4-6,8-9,11-13H2,1-3H3,(H,24,25)(H2,21,22,23);1H. The molecular weight excluding hydrogens is 471 g/mol. The number of hydrogen-bond acceptors (Lipinski definition) is 4. The van der Waals surface area contributed by atoms with E-state index < -0.39 is 0 Å². The van der Waals surface area contributed by atoms with E-state index >= 15 is 0 Å². The highest BCUT2D eigenvalue weighted by atomic mass is 127. The highest BCUT2D eigenvalue weighted by Gasteiger charge is 2.22. The maximum Gasteiger partial charge on any atom is 0.220 e. The van der Waals surface area contributed by atoms with Crippen LogP contribution in [0.5, 0.6) is 11.5 Å². The van der Waals surface area contributed by atoms with E-state index in [1.807, 2.05) is 25.1 Å². The Balaban J connectivity index is 0.00000392. The largest absolute Gasteiger partial charge is 0.493 e. The normalized spacial score (nSPS) is 13.3. The molecule has 28 heavy (non-hydrogen) atoms. The summed E-state index contributed by atoms with van der Waals surface area (Å²) in [6.07, 6.45) is 4.38. The summed E-state index contributed by atoms with van der Waals surface area (Å²) in [5.41, 5.74) is 1.16. The number of aliphatic imine (C=N–C) groups is 1. The third-order valence-electron chi connectivity index (χ3n) is 4.27. The van der Waals surface area contributed by atoms with Gasteiger partial charge in [0.2, 0.25) is 5.91 Å². The van der Waals surface area contributed by atoms with Gasteiger partial charge < -0.3 is 25.4 Å². The van der Waals surface area contributed by atoms with Gasteiger partial charge in [-0.1, -0.05) is 6.07 Å². The molecule has 0 heterocycles. The van der Waals surface area contributed by atoms with Crippen molar-refractivity contribution < 1.29 is 14.3 Å². The summed E-state index contributed by atoms with van der Waals surface area (Å²) < 4.78 is 10.6. The Labute approximate surface area is 185 Å². The number of nitrogens with zero attached hydrogens (tertiary/aromatic N) is 1. The summed E-state index contributed by atoms with van der Waals surface area (Å²) in [5.74, 6) is 2.38. The van der Waals surface area contributed by atoms with Gasteiger partial charge in [0.15, 0.2) is 17.5 Å². The summed E-state index contributed by atoms with van der Waals surface area (Å²) in [7, 11) is 3.27. The smallest absolute Gasteiger partial charge is 0.220 e. The Kier molecular flexibility index (Phi) is 11.7. The monoisotopic (exact) mass is 504 g/mol.